The number of ether oxygens (including phenoxy) is 1. The van der Waals surface area contributed by atoms with Gasteiger partial charge in [0.1, 0.15) is 0 Å². The number of carbonyl (C=O) groups is 2. The fourth-order valence-electron chi connectivity index (χ4n) is 2.49. The lowest BCUT2D eigenvalue weighted by Crippen LogP contribution is -2.51. The van der Waals surface area contributed by atoms with Crippen molar-refractivity contribution in [3.63, 3.8) is 0 Å². The SMILES string of the molecule is CCOC(=O)N1CCN(C(=O)CCN(CCN(C)C)S(C)(=O)=O)CC1. The average molecular weight is 378 g/mol. The van der Waals surface area contributed by atoms with Crippen LogP contribution in [0.3, 0.4) is 0 Å². The monoisotopic (exact) mass is 378 g/mol. The van der Waals surface area contributed by atoms with Crippen molar-refractivity contribution in [2.24, 2.45) is 0 Å². The van der Waals surface area contributed by atoms with Gasteiger partial charge in [0, 0.05) is 52.2 Å². The predicted molar refractivity (Wildman–Crippen MR) is 94.8 cm³/mol. The fraction of sp³-hybridized carbons (Fsp3) is 0.867. The van der Waals surface area contributed by atoms with Gasteiger partial charge in [-0.1, -0.05) is 0 Å². The van der Waals surface area contributed by atoms with Gasteiger partial charge < -0.3 is 19.4 Å². The van der Waals surface area contributed by atoms with Crippen molar-refractivity contribution in [1.82, 2.24) is 19.0 Å². The van der Waals surface area contributed by atoms with E-state index < -0.39 is 10.0 Å². The number of rotatable bonds is 8. The second kappa shape index (κ2) is 9.93. The maximum absolute atomic E-state index is 12.3. The van der Waals surface area contributed by atoms with Gasteiger partial charge in [-0.05, 0) is 21.0 Å². The van der Waals surface area contributed by atoms with E-state index in [-0.39, 0.29) is 25.0 Å². The van der Waals surface area contributed by atoms with Crippen LogP contribution in [0.25, 0.3) is 0 Å². The van der Waals surface area contributed by atoms with E-state index in [0.717, 1.165) is 6.26 Å². The molecule has 0 aromatic heterocycles. The Morgan fingerprint density at radius 1 is 1.00 bits per heavy atom. The third kappa shape index (κ3) is 7.57. The Balaban J connectivity index is 2.46. The fourth-order valence-corrected chi connectivity index (χ4v) is 3.32. The van der Waals surface area contributed by atoms with E-state index in [1.54, 1.807) is 16.7 Å². The van der Waals surface area contributed by atoms with Crippen LogP contribution < -0.4 is 0 Å². The van der Waals surface area contributed by atoms with Gasteiger partial charge in [0.15, 0.2) is 0 Å². The summed E-state index contributed by atoms with van der Waals surface area (Å²) >= 11 is 0. The number of hydrogen-bond acceptors (Lipinski definition) is 6. The van der Waals surface area contributed by atoms with Crippen molar-refractivity contribution < 1.29 is 22.7 Å². The smallest absolute Gasteiger partial charge is 0.409 e. The van der Waals surface area contributed by atoms with Gasteiger partial charge in [0.05, 0.1) is 12.9 Å². The lowest BCUT2D eigenvalue weighted by Gasteiger charge is -2.34. The predicted octanol–water partition coefficient (Wildman–Crippen LogP) is -0.500. The van der Waals surface area contributed by atoms with Crippen molar-refractivity contribution in [3.8, 4) is 0 Å². The molecule has 25 heavy (non-hydrogen) atoms. The topological polar surface area (TPSA) is 90.5 Å². The molecular formula is C15H30N4O5S. The molecule has 0 atom stereocenters. The summed E-state index contributed by atoms with van der Waals surface area (Å²) in [4.78, 5) is 29.1. The molecule has 0 radical (unpaired) electrons. The van der Waals surface area contributed by atoms with Crippen LogP contribution in [-0.4, -0.2) is 112 Å². The zero-order valence-corrected chi connectivity index (χ0v) is 16.4. The quantitative estimate of drug-likeness (QED) is 0.566. The van der Waals surface area contributed by atoms with Crippen LogP contribution in [0.15, 0.2) is 0 Å². The highest BCUT2D eigenvalue weighted by molar-refractivity contribution is 7.88. The Morgan fingerprint density at radius 2 is 1.56 bits per heavy atom. The molecule has 0 N–H and O–H groups in total. The second-order valence-electron chi connectivity index (χ2n) is 6.28. The first-order valence-corrected chi connectivity index (χ1v) is 10.3. The molecule has 1 aliphatic heterocycles. The van der Waals surface area contributed by atoms with Crippen LogP contribution in [0, 0.1) is 0 Å². The summed E-state index contributed by atoms with van der Waals surface area (Å²) in [7, 11) is 0.393. The molecule has 0 saturated carbocycles. The van der Waals surface area contributed by atoms with Gasteiger partial charge in [-0.25, -0.2) is 17.5 Å². The molecule has 2 amide bonds. The van der Waals surface area contributed by atoms with Gasteiger partial charge in [-0.3, -0.25) is 4.79 Å². The van der Waals surface area contributed by atoms with E-state index in [0.29, 0.717) is 45.9 Å². The molecule has 1 rings (SSSR count). The molecule has 1 fully saturated rings. The zero-order chi connectivity index (χ0) is 19.0. The molecule has 1 saturated heterocycles. The minimum atomic E-state index is -3.35. The first-order chi connectivity index (χ1) is 11.6. The van der Waals surface area contributed by atoms with Gasteiger partial charge in [0.2, 0.25) is 15.9 Å². The van der Waals surface area contributed by atoms with Crippen molar-refractivity contribution in [3.05, 3.63) is 0 Å². The molecule has 0 aliphatic carbocycles. The normalized spacial score (nSPS) is 15.8. The third-order valence-corrected chi connectivity index (χ3v) is 5.30. The minimum Gasteiger partial charge on any atom is -0.450 e. The largest absolute Gasteiger partial charge is 0.450 e. The Kier molecular flexibility index (Phi) is 8.60. The molecule has 0 aromatic rings. The van der Waals surface area contributed by atoms with Gasteiger partial charge in [-0.2, -0.15) is 0 Å². The second-order valence-corrected chi connectivity index (χ2v) is 8.26. The molecule has 0 spiro atoms. The van der Waals surface area contributed by atoms with Crippen molar-refractivity contribution in [2.45, 2.75) is 13.3 Å². The molecule has 0 aromatic carbocycles. The highest BCUT2D eigenvalue weighted by atomic mass is 32.2. The van der Waals surface area contributed by atoms with E-state index in [2.05, 4.69) is 0 Å². The Morgan fingerprint density at radius 3 is 2.04 bits per heavy atom. The highest BCUT2D eigenvalue weighted by Gasteiger charge is 2.26. The van der Waals surface area contributed by atoms with E-state index in [9.17, 15) is 18.0 Å². The molecular weight excluding hydrogens is 348 g/mol. The summed E-state index contributed by atoms with van der Waals surface area (Å²) in [6, 6.07) is 0. The summed E-state index contributed by atoms with van der Waals surface area (Å²) < 4.78 is 30.0. The molecule has 10 heteroatoms. The molecule has 146 valence electrons. The van der Waals surface area contributed by atoms with Gasteiger partial charge in [0.25, 0.3) is 0 Å². The summed E-state index contributed by atoms with van der Waals surface area (Å²) in [5.74, 6) is -0.0954. The van der Waals surface area contributed by atoms with Crippen LogP contribution in [0.5, 0.6) is 0 Å². The average Bonchev–Trinajstić information content (AvgIpc) is 2.53. The van der Waals surface area contributed by atoms with E-state index in [4.69, 9.17) is 4.74 Å². The zero-order valence-electron chi connectivity index (χ0n) is 15.6. The van der Waals surface area contributed by atoms with Crippen molar-refractivity contribution >= 4 is 22.0 Å². The van der Waals surface area contributed by atoms with Gasteiger partial charge >= 0.3 is 6.09 Å². The van der Waals surface area contributed by atoms with Crippen molar-refractivity contribution in [1.29, 1.82) is 0 Å². The number of carbonyl (C=O) groups excluding carboxylic acids is 2. The lowest BCUT2D eigenvalue weighted by atomic mass is 10.3. The van der Waals surface area contributed by atoms with Crippen LogP contribution in [0.1, 0.15) is 13.3 Å². The standard InChI is InChI=1S/C15H30N4O5S/c1-5-24-15(21)18-11-9-17(10-12-18)14(20)6-7-19(25(4,22)23)13-8-16(2)3/h5-13H2,1-4H3. The van der Waals surface area contributed by atoms with Crippen LogP contribution >= 0.6 is 0 Å². The maximum atomic E-state index is 12.3. The number of nitrogens with zero attached hydrogens (tertiary/aromatic N) is 4. The Labute approximate surface area is 150 Å². The van der Waals surface area contributed by atoms with Crippen molar-refractivity contribution in [2.75, 3.05) is 72.8 Å². The van der Waals surface area contributed by atoms with Crippen LogP contribution in [0.2, 0.25) is 0 Å². The summed E-state index contributed by atoms with van der Waals surface area (Å²) in [5.41, 5.74) is 0. The number of sulfonamides is 1. The van der Waals surface area contributed by atoms with E-state index in [1.165, 1.54) is 4.31 Å². The molecule has 0 bridgehead atoms. The number of likely N-dealkylation sites (N-methyl/N-ethyl adjacent to an activating group) is 1. The maximum Gasteiger partial charge on any atom is 0.409 e. The summed E-state index contributed by atoms with van der Waals surface area (Å²) in [6.07, 6.45) is 0.937. The first-order valence-electron chi connectivity index (χ1n) is 8.44. The third-order valence-electron chi connectivity index (χ3n) is 4.00. The molecule has 1 aliphatic rings. The molecule has 0 unspecified atom stereocenters. The molecule has 1 heterocycles. The number of amides is 2. The van der Waals surface area contributed by atoms with E-state index >= 15 is 0 Å². The highest BCUT2D eigenvalue weighted by Crippen LogP contribution is 2.07. The molecule has 9 nitrogen and oxygen atoms in total. The summed E-state index contributed by atoms with van der Waals surface area (Å²) in [5, 5.41) is 0. The van der Waals surface area contributed by atoms with E-state index in [1.807, 2.05) is 19.0 Å². The Hall–Kier alpha value is -1.39. The van der Waals surface area contributed by atoms with Gasteiger partial charge in [-0.15, -0.1) is 0 Å². The number of hydrogen-bond donors (Lipinski definition) is 0. The lowest BCUT2D eigenvalue weighted by molar-refractivity contribution is -0.132. The van der Waals surface area contributed by atoms with Crippen LogP contribution in [-0.2, 0) is 19.6 Å². The number of piperazine rings is 1. The van der Waals surface area contributed by atoms with Crippen LogP contribution in [0.4, 0.5) is 4.79 Å². The minimum absolute atomic E-state index is 0.0954. The first kappa shape index (κ1) is 21.7. The Bertz CT molecular complexity index is 544. The summed E-state index contributed by atoms with van der Waals surface area (Å²) in [6.45, 7) is 4.94.